The van der Waals surface area contributed by atoms with Crippen LogP contribution in [0.5, 0.6) is 0 Å². The average Bonchev–Trinajstić information content (AvgIpc) is 2.54. The molecule has 0 bridgehead atoms. The fraction of sp³-hybridized carbons (Fsp3) is 0.438. The molecule has 1 aliphatic rings. The molecule has 1 saturated carbocycles. The Labute approximate surface area is 138 Å². The molecule has 7 heteroatoms. The van der Waals surface area contributed by atoms with Crippen molar-refractivity contribution in [2.75, 3.05) is 7.11 Å². The van der Waals surface area contributed by atoms with Gasteiger partial charge >= 0.3 is 0 Å². The minimum absolute atomic E-state index is 0.0228. The monoisotopic (exact) mass is 333 g/mol. The topological polar surface area (TPSA) is 87.0 Å². The summed E-state index contributed by atoms with van der Waals surface area (Å²) in [5.41, 5.74) is 0.787. The molecule has 1 amide bonds. The Morgan fingerprint density at radius 2 is 2.09 bits per heavy atom. The number of benzene rings is 1. The van der Waals surface area contributed by atoms with Crippen LogP contribution in [-0.4, -0.2) is 35.1 Å². The van der Waals surface area contributed by atoms with Gasteiger partial charge in [0.05, 0.1) is 23.0 Å². The number of carbonyl (C=O) groups is 1. The van der Waals surface area contributed by atoms with Crippen LogP contribution < -0.4 is 10.9 Å². The molecule has 122 valence electrons. The summed E-state index contributed by atoms with van der Waals surface area (Å²) < 4.78 is 5.70. The summed E-state index contributed by atoms with van der Waals surface area (Å²) in [6, 6.07) is 4.95. The summed E-state index contributed by atoms with van der Waals surface area (Å²) in [6.07, 6.45) is 4.15. The number of nitrogens with one attached hydrogen (secondary N) is 3. The quantitative estimate of drug-likeness (QED) is 0.752. The van der Waals surface area contributed by atoms with Crippen molar-refractivity contribution in [2.24, 2.45) is 0 Å². The minimum Gasteiger partial charge on any atom is -0.379 e. The van der Waals surface area contributed by atoms with E-state index in [-0.39, 0.29) is 28.4 Å². The molecule has 0 spiro atoms. The molecule has 2 aromatic rings. The van der Waals surface area contributed by atoms with Gasteiger partial charge in [-0.3, -0.25) is 14.6 Å². The van der Waals surface area contributed by atoms with Gasteiger partial charge in [-0.2, -0.15) is 0 Å². The van der Waals surface area contributed by atoms with Crippen LogP contribution in [0.2, 0.25) is 0 Å². The fourth-order valence-corrected chi connectivity index (χ4v) is 3.31. The van der Waals surface area contributed by atoms with Gasteiger partial charge in [0, 0.05) is 12.7 Å². The maximum Gasteiger partial charge on any atom is 0.259 e. The van der Waals surface area contributed by atoms with E-state index in [1.807, 2.05) is 0 Å². The summed E-state index contributed by atoms with van der Waals surface area (Å²) in [4.78, 5) is 29.7. The number of amides is 1. The molecular weight excluding hydrogens is 314 g/mol. The largest absolute Gasteiger partial charge is 0.379 e. The van der Waals surface area contributed by atoms with Gasteiger partial charge in [0.2, 0.25) is 0 Å². The first kappa shape index (κ1) is 15.9. The van der Waals surface area contributed by atoms with Crippen molar-refractivity contribution in [3.63, 3.8) is 0 Å². The third-order valence-corrected chi connectivity index (χ3v) is 4.53. The van der Waals surface area contributed by atoms with Crippen LogP contribution in [0.4, 0.5) is 0 Å². The molecule has 3 N–H and O–H groups in total. The molecule has 0 saturated heterocycles. The third-order valence-electron chi connectivity index (χ3n) is 4.32. The molecule has 1 aromatic carbocycles. The molecule has 1 aliphatic carbocycles. The van der Waals surface area contributed by atoms with Gasteiger partial charge in [0.25, 0.3) is 11.5 Å². The summed E-state index contributed by atoms with van der Waals surface area (Å²) in [5, 5.41) is 3.51. The molecule has 0 radical (unpaired) electrons. The predicted molar refractivity (Wildman–Crippen MR) is 90.3 cm³/mol. The van der Waals surface area contributed by atoms with E-state index in [1.54, 1.807) is 25.3 Å². The Balaban J connectivity index is 1.86. The lowest BCUT2D eigenvalue weighted by molar-refractivity contribution is 0.0392. The third kappa shape index (κ3) is 3.35. The molecule has 6 nitrogen and oxygen atoms in total. The number of carbonyl (C=O) groups excluding carboxylic acids is 1. The second-order valence-corrected chi connectivity index (χ2v) is 6.22. The molecule has 3 rings (SSSR count). The number of aromatic amines is 2. The number of methoxy groups -OCH3 is 1. The standard InChI is InChI=1S/C16H19N3O3S/c1-22-13-5-3-2-4-11(13)17-14(20)9-6-7-10-12(8-9)18-16(23)19-15(10)21/h6-8,11,13H,2-5H2,1H3,(H,17,20)(H2,18,19,21,23)/t11-,13-/m0/s1. The van der Waals surface area contributed by atoms with Crippen molar-refractivity contribution in [1.29, 1.82) is 0 Å². The van der Waals surface area contributed by atoms with Crippen molar-refractivity contribution in [3.8, 4) is 0 Å². The first-order valence-electron chi connectivity index (χ1n) is 7.68. The molecule has 23 heavy (non-hydrogen) atoms. The second-order valence-electron chi connectivity index (χ2n) is 5.81. The van der Waals surface area contributed by atoms with E-state index >= 15 is 0 Å². The highest BCUT2D eigenvalue weighted by molar-refractivity contribution is 7.71. The number of H-pyrrole nitrogens is 2. The van der Waals surface area contributed by atoms with Gasteiger partial charge in [0.15, 0.2) is 4.77 Å². The molecule has 0 aliphatic heterocycles. The van der Waals surface area contributed by atoms with Gasteiger partial charge in [-0.05, 0) is 43.3 Å². The van der Waals surface area contributed by atoms with Gasteiger partial charge in [-0.25, -0.2) is 0 Å². The predicted octanol–water partition coefficient (Wildman–Crippen LogP) is 2.27. The Kier molecular flexibility index (Phi) is 4.58. The van der Waals surface area contributed by atoms with Crippen molar-refractivity contribution < 1.29 is 9.53 Å². The van der Waals surface area contributed by atoms with Crippen LogP contribution in [0, 0.1) is 4.77 Å². The van der Waals surface area contributed by atoms with Gasteiger partial charge in [-0.15, -0.1) is 0 Å². The normalized spacial score (nSPS) is 21.3. The van der Waals surface area contributed by atoms with Crippen molar-refractivity contribution >= 4 is 29.0 Å². The van der Waals surface area contributed by atoms with Gasteiger partial charge < -0.3 is 15.0 Å². The maximum atomic E-state index is 12.5. The zero-order chi connectivity index (χ0) is 16.4. The number of fused-ring (bicyclic) bond motifs is 1. The van der Waals surface area contributed by atoms with Crippen LogP contribution in [0.25, 0.3) is 10.9 Å². The summed E-state index contributed by atoms with van der Waals surface area (Å²) in [5.74, 6) is -0.166. The van der Waals surface area contributed by atoms with Crippen LogP contribution >= 0.6 is 12.2 Å². The SMILES string of the molecule is CO[C@H]1CCCC[C@@H]1NC(=O)c1ccc2c(=O)[nH]c(=S)[nH]c2c1. The number of hydrogen-bond donors (Lipinski definition) is 3. The number of aromatic nitrogens is 2. The minimum atomic E-state index is -0.262. The molecular formula is C16H19N3O3S. The van der Waals surface area contributed by atoms with E-state index < -0.39 is 0 Å². The first-order valence-corrected chi connectivity index (χ1v) is 8.09. The highest BCUT2D eigenvalue weighted by Crippen LogP contribution is 2.21. The van der Waals surface area contributed by atoms with E-state index in [0.29, 0.717) is 16.5 Å². The van der Waals surface area contributed by atoms with Crippen molar-refractivity contribution in [1.82, 2.24) is 15.3 Å². The Morgan fingerprint density at radius 3 is 2.87 bits per heavy atom. The molecule has 1 heterocycles. The van der Waals surface area contributed by atoms with Crippen LogP contribution in [0.1, 0.15) is 36.0 Å². The maximum absolute atomic E-state index is 12.5. The fourth-order valence-electron chi connectivity index (χ4n) is 3.11. The van der Waals surface area contributed by atoms with E-state index in [2.05, 4.69) is 15.3 Å². The number of ether oxygens (including phenoxy) is 1. The van der Waals surface area contributed by atoms with E-state index in [9.17, 15) is 9.59 Å². The lowest BCUT2D eigenvalue weighted by atomic mass is 9.92. The second kappa shape index (κ2) is 6.64. The van der Waals surface area contributed by atoms with Gasteiger partial charge in [-0.1, -0.05) is 12.8 Å². The molecule has 1 aromatic heterocycles. The average molecular weight is 333 g/mol. The Hall–Kier alpha value is -1.99. The van der Waals surface area contributed by atoms with Gasteiger partial charge in [0.1, 0.15) is 0 Å². The van der Waals surface area contributed by atoms with E-state index in [0.717, 1.165) is 25.7 Å². The molecule has 1 fully saturated rings. The zero-order valence-electron chi connectivity index (χ0n) is 12.8. The van der Waals surface area contributed by atoms with Crippen molar-refractivity contribution in [3.05, 3.63) is 38.9 Å². The molecule has 0 unspecified atom stereocenters. The lowest BCUT2D eigenvalue weighted by Crippen LogP contribution is -2.45. The van der Waals surface area contributed by atoms with E-state index in [4.69, 9.17) is 17.0 Å². The van der Waals surface area contributed by atoms with Crippen molar-refractivity contribution in [2.45, 2.75) is 37.8 Å². The summed E-state index contributed by atoms with van der Waals surface area (Å²) in [6.45, 7) is 0. The number of rotatable bonds is 3. The lowest BCUT2D eigenvalue weighted by Gasteiger charge is -2.31. The zero-order valence-corrected chi connectivity index (χ0v) is 13.7. The highest BCUT2D eigenvalue weighted by atomic mass is 32.1. The molecule has 2 atom stereocenters. The highest BCUT2D eigenvalue weighted by Gasteiger charge is 2.26. The van der Waals surface area contributed by atoms with Crippen LogP contribution in [0.15, 0.2) is 23.0 Å². The Bertz CT molecular complexity index is 842. The summed E-state index contributed by atoms with van der Waals surface area (Å²) >= 11 is 4.97. The Morgan fingerprint density at radius 1 is 1.30 bits per heavy atom. The number of hydrogen-bond acceptors (Lipinski definition) is 4. The smallest absolute Gasteiger partial charge is 0.259 e. The van der Waals surface area contributed by atoms with E-state index in [1.165, 1.54) is 0 Å². The van der Waals surface area contributed by atoms with Crippen LogP contribution in [-0.2, 0) is 4.74 Å². The first-order chi connectivity index (χ1) is 11.1. The summed E-state index contributed by atoms with van der Waals surface area (Å²) in [7, 11) is 1.68. The van der Waals surface area contributed by atoms with Crippen LogP contribution in [0.3, 0.4) is 0 Å².